The molecule has 0 amide bonds. The van der Waals surface area contributed by atoms with Gasteiger partial charge in [0.25, 0.3) is 5.78 Å². The molecule has 7 nitrogen and oxygen atoms in total. The summed E-state index contributed by atoms with van der Waals surface area (Å²) in [5.74, 6) is 2.68. The fraction of sp³-hybridized carbons (Fsp3) is 0.333. The van der Waals surface area contributed by atoms with Crippen LogP contribution in [0.5, 0.6) is 0 Å². The van der Waals surface area contributed by atoms with E-state index in [2.05, 4.69) is 51.1 Å². The second-order valence-electron chi connectivity index (χ2n) is 6.06. The number of rotatable bonds is 6. The summed E-state index contributed by atoms with van der Waals surface area (Å²) in [6.45, 7) is 2.93. The first-order valence-electron chi connectivity index (χ1n) is 8.60. The maximum atomic E-state index is 4.72. The molecule has 0 fully saturated rings. The highest BCUT2D eigenvalue weighted by Gasteiger charge is 2.08. The minimum absolute atomic E-state index is 0.636. The van der Waals surface area contributed by atoms with Crippen molar-refractivity contribution in [2.24, 2.45) is 7.05 Å². The van der Waals surface area contributed by atoms with Crippen LogP contribution in [0.2, 0.25) is 0 Å². The molecule has 1 aromatic carbocycles. The van der Waals surface area contributed by atoms with Crippen LogP contribution in [0.25, 0.3) is 16.8 Å². The number of fused-ring (bicyclic) bond motifs is 2. The molecule has 0 aliphatic heterocycles. The van der Waals surface area contributed by atoms with Gasteiger partial charge in [-0.25, -0.2) is 9.97 Å². The number of nitrogens with one attached hydrogen (secondary N) is 1. The smallest absolute Gasteiger partial charge is 0.254 e. The van der Waals surface area contributed by atoms with Gasteiger partial charge in [0, 0.05) is 31.8 Å². The number of aromatic nitrogens is 6. The third-order valence-corrected chi connectivity index (χ3v) is 4.43. The predicted octanol–water partition coefficient (Wildman–Crippen LogP) is 2.62. The van der Waals surface area contributed by atoms with E-state index in [1.807, 2.05) is 18.2 Å². The van der Waals surface area contributed by atoms with E-state index in [1.54, 1.807) is 4.52 Å². The molecule has 7 heteroatoms. The molecule has 25 heavy (non-hydrogen) atoms. The van der Waals surface area contributed by atoms with Crippen LogP contribution in [0.1, 0.15) is 24.9 Å². The molecule has 4 rings (SSSR count). The van der Waals surface area contributed by atoms with Gasteiger partial charge < -0.3 is 9.88 Å². The van der Waals surface area contributed by atoms with E-state index in [9.17, 15) is 0 Å². The molecule has 4 aromatic rings. The topological polar surface area (TPSA) is 72.9 Å². The first-order chi connectivity index (χ1) is 12.3. The van der Waals surface area contributed by atoms with Crippen LogP contribution >= 0.6 is 0 Å². The number of imidazole rings is 1. The van der Waals surface area contributed by atoms with E-state index in [0.29, 0.717) is 5.78 Å². The number of aryl methyl sites for hydroxylation is 3. The second kappa shape index (κ2) is 6.51. The fourth-order valence-corrected chi connectivity index (χ4v) is 3.05. The zero-order valence-corrected chi connectivity index (χ0v) is 14.5. The highest BCUT2D eigenvalue weighted by molar-refractivity contribution is 5.75. The van der Waals surface area contributed by atoms with Gasteiger partial charge in [0.2, 0.25) is 0 Å². The Balaban J connectivity index is 1.44. The molecule has 3 heterocycles. The molecule has 0 atom stereocenters. The summed E-state index contributed by atoms with van der Waals surface area (Å²) < 4.78 is 3.92. The summed E-state index contributed by atoms with van der Waals surface area (Å²) in [6.07, 6.45) is 4.31. The van der Waals surface area contributed by atoms with Crippen LogP contribution < -0.4 is 5.32 Å². The monoisotopic (exact) mass is 335 g/mol. The van der Waals surface area contributed by atoms with Gasteiger partial charge in [-0.05, 0) is 25.0 Å². The summed E-state index contributed by atoms with van der Waals surface area (Å²) in [4.78, 5) is 13.4. The Morgan fingerprint density at radius 1 is 1.16 bits per heavy atom. The van der Waals surface area contributed by atoms with Crippen LogP contribution in [0.15, 0.2) is 36.7 Å². The van der Waals surface area contributed by atoms with Crippen LogP contribution in [-0.2, 0) is 19.9 Å². The minimum atomic E-state index is 0.636. The minimum Gasteiger partial charge on any atom is -0.370 e. The lowest BCUT2D eigenvalue weighted by Crippen LogP contribution is -2.10. The van der Waals surface area contributed by atoms with Crippen LogP contribution in [-0.4, -0.2) is 35.7 Å². The lowest BCUT2D eigenvalue weighted by Gasteiger charge is -2.09. The normalized spacial score (nSPS) is 11.4. The Hall–Kier alpha value is -2.96. The first-order valence-corrected chi connectivity index (χ1v) is 8.60. The molecular formula is C18H21N7. The van der Waals surface area contributed by atoms with Crippen molar-refractivity contribution < 1.29 is 0 Å². The largest absolute Gasteiger partial charge is 0.370 e. The van der Waals surface area contributed by atoms with E-state index >= 15 is 0 Å². The van der Waals surface area contributed by atoms with E-state index in [0.717, 1.165) is 48.7 Å². The van der Waals surface area contributed by atoms with Gasteiger partial charge in [0.1, 0.15) is 18.0 Å². The highest BCUT2D eigenvalue weighted by atomic mass is 15.3. The molecule has 0 saturated carbocycles. The van der Waals surface area contributed by atoms with Gasteiger partial charge in [-0.3, -0.25) is 0 Å². The van der Waals surface area contributed by atoms with Crippen molar-refractivity contribution in [2.75, 3.05) is 11.9 Å². The number of hydrogen-bond acceptors (Lipinski definition) is 5. The van der Waals surface area contributed by atoms with Crippen molar-refractivity contribution in [1.29, 1.82) is 0 Å². The Morgan fingerprint density at radius 2 is 2.04 bits per heavy atom. The molecule has 0 radical (unpaired) electrons. The predicted molar refractivity (Wildman–Crippen MR) is 97.7 cm³/mol. The summed E-state index contributed by atoms with van der Waals surface area (Å²) >= 11 is 0. The maximum absolute atomic E-state index is 4.72. The highest BCUT2D eigenvalue weighted by Crippen LogP contribution is 2.16. The number of nitrogens with zero attached hydrogens (tertiary/aromatic N) is 6. The zero-order valence-electron chi connectivity index (χ0n) is 14.5. The van der Waals surface area contributed by atoms with Crippen molar-refractivity contribution in [3.8, 4) is 0 Å². The van der Waals surface area contributed by atoms with Gasteiger partial charge in [-0.2, -0.15) is 14.6 Å². The Morgan fingerprint density at radius 3 is 2.88 bits per heavy atom. The number of anilines is 1. The Kier molecular flexibility index (Phi) is 4.05. The SMILES string of the molecule is CCc1cc(NCCCc2nc3ccccc3n2C)n2ncnc2n1. The van der Waals surface area contributed by atoms with Gasteiger partial charge in [-0.15, -0.1) is 0 Å². The third-order valence-electron chi connectivity index (χ3n) is 4.43. The number of para-hydroxylation sites is 2. The lowest BCUT2D eigenvalue weighted by molar-refractivity contribution is 0.749. The van der Waals surface area contributed by atoms with E-state index < -0.39 is 0 Å². The van der Waals surface area contributed by atoms with Gasteiger partial charge in [0.05, 0.1) is 11.0 Å². The summed E-state index contributed by atoms with van der Waals surface area (Å²) in [5, 5.41) is 7.69. The maximum Gasteiger partial charge on any atom is 0.254 e. The molecule has 128 valence electrons. The molecule has 0 aliphatic rings. The average Bonchev–Trinajstić information content (AvgIpc) is 3.23. The van der Waals surface area contributed by atoms with Crippen molar-refractivity contribution in [3.05, 3.63) is 48.2 Å². The van der Waals surface area contributed by atoms with E-state index in [1.165, 1.54) is 11.8 Å². The Labute approximate surface area is 145 Å². The van der Waals surface area contributed by atoms with Crippen molar-refractivity contribution >= 4 is 22.6 Å². The van der Waals surface area contributed by atoms with Crippen molar-refractivity contribution in [3.63, 3.8) is 0 Å². The zero-order chi connectivity index (χ0) is 17.2. The Bertz CT molecular complexity index is 1010. The van der Waals surface area contributed by atoms with Gasteiger partial charge >= 0.3 is 0 Å². The van der Waals surface area contributed by atoms with Crippen LogP contribution in [0, 0.1) is 0 Å². The molecule has 0 saturated heterocycles. The molecule has 0 bridgehead atoms. The molecule has 3 aromatic heterocycles. The van der Waals surface area contributed by atoms with Crippen molar-refractivity contribution in [1.82, 2.24) is 29.1 Å². The standard InChI is InChI=1S/C18H21N7/c1-3-13-11-17(25-18(22-13)20-12-21-25)19-10-6-9-16-23-14-7-4-5-8-15(14)24(16)2/h4-5,7-8,11-12,19H,3,6,9-10H2,1-2H3. The van der Waals surface area contributed by atoms with Crippen LogP contribution in [0.3, 0.4) is 0 Å². The summed E-state index contributed by atoms with van der Waals surface area (Å²) in [7, 11) is 2.08. The molecule has 0 unspecified atom stereocenters. The second-order valence-corrected chi connectivity index (χ2v) is 6.06. The van der Waals surface area contributed by atoms with Crippen molar-refractivity contribution in [2.45, 2.75) is 26.2 Å². The fourth-order valence-electron chi connectivity index (χ4n) is 3.05. The summed E-state index contributed by atoms with van der Waals surface area (Å²) in [5.41, 5.74) is 3.24. The molecule has 0 spiro atoms. The van der Waals surface area contributed by atoms with E-state index in [-0.39, 0.29) is 0 Å². The van der Waals surface area contributed by atoms with E-state index in [4.69, 9.17) is 4.98 Å². The van der Waals surface area contributed by atoms with Gasteiger partial charge in [-0.1, -0.05) is 19.1 Å². The third kappa shape index (κ3) is 2.93. The quantitative estimate of drug-likeness (QED) is 0.548. The molecule has 0 aliphatic carbocycles. The average molecular weight is 335 g/mol. The molecule has 1 N–H and O–H groups in total. The molecular weight excluding hydrogens is 314 g/mol. The lowest BCUT2D eigenvalue weighted by atomic mass is 10.3. The summed E-state index contributed by atoms with van der Waals surface area (Å²) in [6, 6.07) is 10.3. The number of benzene rings is 1. The number of hydrogen-bond donors (Lipinski definition) is 1. The van der Waals surface area contributed by atoms with Gasteiger partial charge in [0.15, 0.2) is 0 Å². The first kappa shape index (κ1) is 15.6. The van der Waals surface area contributed by atoms with Crippen LogP contribution in [0.4, 0.5) is 5.82 Å².